The van der Waals surface area contributed by atoms with E-state index in [1.54, 1.807) is 0 Å². The third-order valence-electron chi connectivity index (χ3n) is 11.0. The fraction of sp³-hybridized carbons (Fsp3) is 0.472. The van der Waals surface area contributed by atoms with E-state index in [1.807, 2.05) is 169 Å². The Hall–Kier alpha value is -6.20. The molecule has 0 unspecified atom stereocenters. The molecular weight excluding hydrogens is 885 g/mol. The van der Waals surface area contributed by atoms with Crippen molar-refractivity contribution in [2.24, 2.45) is 5.41 Å². The molecule has 0 aliphatic carbocycles. The summed E-state index contributed by atoms with van der Waals surface area (Å²) in [6, 6.07) is 39.1. The monoisotopic (exact) mass is 957 g/mol. The highest BCUT2D eigenvalue weighted by Crippen LogP contribution is 2.22. The van der Waals surface area contributed by atoms with E-state index in [0.717, 1.165) is 22.7 Å². The molecule has 0 saturated carbocycles. The fourth-order valence-corrected chi connectivity index (χ4v) is 6.83. The van der Waals surface area contributed by atoms with Gasteiger partial charge in [-0.1, -0.05) is 72.8 Å². The maximum absolute atomic E-state index is 12.6. The predicted octanol–water partition coefficient (Wildman–Crippen LogP) is 6.32. The molecule has 0 fully saturated rings. The first-order valence-electron chi connectivity index (χ1n) is 23.5. The molecule has 4 aromatic carbocycles. The summed E-state index contributed by atoms with van der Waals surface area (Å²) in [6.07, 6.45) is 0.785. The second-order valence-electron chi connectivity index (χ2n) is 16.6. The minimum atomic E-state index is -0.935. The zero-order valence-electron chi connectivity index (χ0n) is 40.9. The zero-order chi connectivity index (χ0) is 49.4. The van der Waals surface area contributed by atoms with Gasteiger partial charge in [-0.05, 0) is 48.5 Å². The summed E-state index contributed by atoms with van der Waals surface area (Å²) >= 11 is 0. The Bertz CT molecular complexity index is 1730. The lowest BCUT2D eigenvalue weighted by molar-refractivity contribution is -0.151. The standard InChI is InChI=1S/C53H72N4O12/c1-54(45-17-9-5-10-18-45)29-25-49(58)66-37-33-62-41-53(42-63-34-38-67-50(59)26-30-55(2)46-19-11-6-12-20-46,43-64-35-39-68-51(60)27-31-56(3)47-21-13-7-14-22-47)44-65-36-40-69-52(61)28-32-57(4)48-23-15-8-16-24-48/h5-24H,25-44H2,1-4H3. The van der Waals surface area contributed by atoms with Gasteiger partial charge in [0.25, 0.3) is 0 Å². The SMILES string of the molecule is CN(CCC(=O)OCCOCC(COCCOC(=O)CCN(C)c1ccccc1)(COCCOC(=O)CCN(C)c1ccccc1)COCCOC(=O)CCN(C)c1ccccc1)c1ccccc1. The van der Waals surface area contributed by atoms with Crippen LogP contribution in [-0.2, 0) is 57.1 Å². The molecule has 0 radical (unpaired) electrons. The Balaban J connectivity index is 1.31. The van der Waals surface area contributed by atoms with Gasteiger partial charge in [0.05, 0.1) is 84.0 Å². The molecule has 0 amide bonds. The van der Waals surface area contributed by atoms with E-state index >= 15 is 0 Å². The molecule has 0 aliphatic rings. The second kappa shape index (κ2) is 32.5. The van der Waals surface area contributed by atoms with Crippen molar-refractivity contribution in [1.82, 2.24) is 0 Å². The van der Waals surface area contributed by atoms with Crippen molar-refractivity contribution in [3.05, 3.63) is 121 Å². The van der Waals surface area contributed by atoms with Gasteiger partial charge < -0.3 is 57.5 Å². The molecule has 0 spiro atoms. The van der Waals surface area contributed by atoms with Crippen molar-refractivity contribution < 1.29 is 57.1 Å². The average Bonchev–Trinajstić information content (AvgIpc) is 3.38. The van der Waals surface area contributed by atoms with E-state index in [2.05, 4.69) is 0 Å². The van der Waals surface area contributed by atoms with E-state index < -0.39 is 5.41 Å². The number of ether oxygens (including phenoxy) is 8. The van der Waals surface area contributed by atoms with Crippen LogP contribution in [0.5, 0.6) is 0 Å². The van der Waals surface area contributed by atoms with Crippen LogP contribution in [0.25, 0.3) is 0 Å². The number of carbonyl (C=O) groups excluding carboxylic acids is 4. The molecule has 0 aliphatic heterocycles. The van der Waals surface area contributed by atoms with Gasteiger partial charge in [-0.25, -0.2) is 0 Å². The molecule has 16 heteroatoms. The quantitative estimate of drug-likeness (QED) is 0.0284. The topological polar surface area (TPSA) is 155 Å². The maximum Gasteiger partial charge on any atom is 0.307 e. The molecule has 4 rings (SSSR count). The zero-order valence-corrected chi connectivity index (χ0v) is 40.9. The minimum absolute atomic E-state index is 0.0206. The van der Waals surface area contributed by atoms with Crippen LogP contribution in [-0.4, -0.2) is 158 Å². The van der Waals surface area contributed by atoms with E-state index in [1.165, 1.54) is 0 Å². The van der Waals surface area contributed by atoms with Gasteiger partial charge in [-0.2, -0.15) is 0 Å². The van der Waals surface area contributed by atoms with Gasteiger partial charge in [-0.3, -0.25) is 19.2 Å². The lowest BCUT2D eigenvalue weighted by Crippen LogP contribution is -2.43. The lowest BCUT2D eigenvalue weighted by Gasteiger charge is -2.33. The number of hydrogen-bond donors (Lipinski definition) is 0. The largest absolute Gasteiger partial charge is 0.463 e. The maximum atomic E-state index is 12.6. The summed E-state index contributed by atoms with van der Waals surface area (Å²) in [4.78, 5) is 58.4. The predicted molar refractivity (Wildman–Crippen MR) is 267 cm³/mol. The first-order valence-corrected chi connectivity index (χ1v) is 23.5. The molecule has 376 valence electrons. The third-order valence-corrected chi connectivity index (χ3v) is 11.0. The molecule has 4 aromatic rings. The summed E-state index contributed by atoms with van der Waals surface area (Å²) in [5, 5.41) is 0. The number of para-hydroxylation sites is 4. The normalized spacial score (nSPS) is 11.1. The highest BCUT2D eigenvalue weighted by atomic mass is 16.6. The van der Waals surface area contributed by atoms with Gasteiger partial charge in [-0.15, -0.1) is 0 Å². The smallest absolute Gasteiger partial charge is 0.307 e. The van der Waals surface area contributed by atoms with Gasteiger partial charge in [0.1, 0.15) is 26.4 Å². The number of carbonyl (C=O) groups is 4. The van der Waals surface area contributed by atoms with Crippen LogP contribution >= 0.6 is 0 Å². The van der Waals surface area contributed by atoms with Crippen molar-refractivity contribution >= 4 is 46.6 Å². The van der Waals surface area contributed by atoms with Gasteiger partial charge >= 0.3 is 23.9 Å². The molecule has 0 atom stereocenters. The summed E-state index contributed by atoms with van der Waals surface area (Å²) < 4.78 is 46.4. The summed E-state index contributed by atoms with van der Waals surface area (Å²) in [5.74, 6) is -1.42. The number of hydrogen-bond acceptors (Lipinski definition) is 16. The van der Waals surface area contributed by atoms with Crippen molar-refractivity contribution in [2.45, 2.75) is 25.7 Å². The van der Waals surface area contributed by atoms with Crippen molar-refractivity contribution in [3.8, 4) is 0 Å². The molecule has 0 heterocycles. The van der Waals surface area contributed by atoms with E-state index in [0.29, 0.717) is 26.2 Å². The summed E-state index contributed by atoms with van der Waals surface area (Å²) in [7, 11) is 7.66. The minimum Gasteiger partial charge on any atom is -0.463 e. The second-order valence-corrected chi connectivity index (χ2v) is 16.6. The molecule has 0 bridgehead atoms. The van der Waals surface area contributed by atoms with Crippen LogP contribution in [0.15, 0.2) is 121 Å². The van der Waals surface area contributed by atoms with Crippen molar-refractivity contribution in [1.29, 1.82) is 0 Å². The molecular formula is C53H72N4O12. The Labute approximate surface area is 408 Å². The Morgan fingerprint density at radius 3 is 0.739 bits per heavy atom. The van der Waals surface area contributed by atoms with Crippen LogP contribution in [0.2, 0.25) is 0 Å². The van der Waals surface area contributed by atoms with E-state index in [-0.39, 0.29) is 129 Å². The summed E-state index contributed by atoms with van der Waals surface area (Å²) in [5.41, 5.74) is 3.05. The summed E-state index contributed by atoms with van der Waals surface area (Å²) in [6.45, 7) is 2.60. The third kappa shape index (κ3) is 23.1. The van der Waals surface area contributed by atoms with Crippen molar-refractivity contribution in [3.63, 3.8) is 0 Å². The highest BCUT2D eigenvalue weighted by molar-refractivity contribution is 5.71. The lowest BCUT2D eigenvalue weighted by atomic mass is 9.92. The first kappa shape index (κ1) is 55.4. The highest BCUT2D eigenvalue weighted by Gasteiger charge is 2.33. The average molecular weight is 957 g/mol. The van der Waals surface area contributed by atoms with E-state index in [4.69, 9.17) is 37.9 Å². The van der Waals surface area contributed by atoms with Gasteiger partial charge in [0, 0.05) is 77.1 Å². The van der Waals surface area contributed by atoms with Crippen LogP contribution in [0.3, 0.4) is 0 Å². The Morgan fingerprint density at radius 2 is 0.536 bits per heavy atom. The number of anilines is 4. The van der Waals surface area contributed by atoms with Crippen LogP contribution in [0.1, 0.15) is 25.7 Å². The Kier molecular flexibility index (Phi) is 26.1. The van der Waals surface area contributed by atoms with E-state index in [9.17, 15) is 19.2 Å². The van der Waals surface area contributed by atoms with Crippen LogP contribution in [0.4, 0.5) is 22.7 Å². The molecule has 0 aromatic heterocycles. The number of rotatable bonds is 36. The molecule has 69 heavy (non-hydrogen) atoms. The van der Waals surface area contributed by atoms with Gasteiger partial charge in [0.15, 0.2) is 0 Å². The molecule has 16 nitrogen and oxygen atoms in total. The molecule has 0 saturated heterocycles. The van der Waals surface area contributed by atoms with Gasteiger partial charge in [0.2, 0.25) is 0 Å². The fourth-order valence-electron chi connectivity index (χ4n) is 6.83. The number of esters is 4. The van der Waals surface area contributed by atoms with Crippen LogP contribution < -0.4 is 19.6 Å². The van der Waals surface area contributed by atoms with Crippen molar-refractivity contribution in [2.75, 3.05) is 153 Å². The number of benzene rings is 4. The first-order chi connectivity index (χ1) is 33.5. The molecule has 0 N–H and O–H groups in total. The Morgan fingerprint density at radius 1 is 0.333 bits per heavy atom. The van der Waals surface area contributed by atoms with Crippen LogP contribution in [0, 0.1) is 5.41 Å². The number of nitrogens with zero attached hydrogens (tertiary/aromatic N) is 4.